The van der Waals surface area contributed by atoms with E-state index in [1.807, 2.05) is 12.1 Å². The largest absolute Gasteiger partial charge is 0.193 e. The highest BCUT2D eigenvalue weighted by Crippen LogP contribution is 2.17. The first-order valence-electron chi connectivity index (χ1n) is 3.92. The molecule has 0 fully saturated rings. The number of nitriles is 1. The molecule has 0 saturated heterocycles. The van der Waals surface area contributed by atoms with Crippen molar-refractivity contribution in [3.63, 3.8) is 0 Å². The Kier molecular flexibility index (Phi) is 3.56. The van der Waals surface area contributed by atoms with E-state index in [4.69, 9.17) is 5.26 Å². The first-order valence-corrected chi connectivity index (χ1v) is 4.80. The van der Waals surface area contributed by atoms with E-state index in [1.54, 1.807) is 17.4 Å². The van der Waals surface area contributed by atoms with Gasteiger partial charge in [-0.2, -0.15) is 5.26 Å². The van der Waals surface area contributed by atoms with Crippen LogP contribution in [0.15, 0.2) is 23.6 Å². The molecule has 1 rings (SSSR count). The number of rotatable bonds is 3. The van der Waals surface area contributed by atoms with Crippen molar-refractivity contribution in [2.75, 3.05) is 0 Å². The summed E-state index contributed by atoms with van der Waals surface area (Å²) in [6, 6.07) is 4.12. The molecule has 0 N–H and O–H groups in total. The van der Waals surface area contributed by atoms with E-state index < -0.39 is 0 Å². The molecule has 0 saturated carbocycles. The summed E-state index contributed by atoms with van der Waals surface area (Å²) in [5.74, 6) is 0. The standard InChI is InChI=1S/C10H11NS/c1-9-6-8-12-10(9)5-3-2-4-7-11/h2,4,6,8H,3,5H2,1H3/b4-2+. The van der Waals surface area contributed by atoms with Gasteiger partial charge < -0.3 is 0 Å². The molecule has 1 nitrogen and oxygen atoms in total. The Hall–Kier alpha value is -1.07. The second-order valence-electron chi connectivity index (χ2n) is 2.60. The monoisotopic (exact) mass is 177 g/mol. The maximum atomic E-state index is 8.24. The minimum Gasteiger partial charge on any atom is -0.193 e. The number of thiophene rings is 1. The van der Waals surface area contributed by atoms with Crippen molar-refractivity contribution >= 4 is 11.3 Å². The van der Waals surface area contributed by atoms with Gasteiger partial charge in [-0.3, -0.25) is 0 Å². The van der Waals surface area contributed by atoms with Crippen molar-refractivity contribution in [1.82, 2.24) is 0 Å². The smallest absolute Gasteiger partial charge is 0.0908 e. The number of allylic oxidation sites excluding steroid dienone is 2. The third kappa shape index (κ3) is 2.52. The number of hydrogen-bond donors (Lipinski definition) is 0. The Labute approximate surface area is 77.0 Å². The van der Waals surface area contributed by atoms with Crippen molar-refractivity contribution in [3.05, 3.63) is 34.0 Å². The highest BCUT2D eigenvalue weighted by atomic mass is 32.1. The first kappa shape index (κ1) is 9.02. The molecule has 0 radical (unpaired) electrons. The minimum atomic E-state index is 0.967. The SMILES string of the molecule is Cc1ccsc1CC/C=C/C#N. The lowest BCUT2D eigenvalue weighted by Gasteiger charge is -1.93. The summed E-state index contributed by atoms with van der Waals surface area (Å²) in [6.07, 6.45) is 5.48. The zero-order chi connectivity index (χ0) is 8.81. The van der Waals surface area contributed by atoms with E-state index in [0.717, 1.165) is 12.8 Å². The van der Waals surface area contributed by atoms with Crippen LogP contribution in [0.3, 0.4) is 0 Å². The lowest BCUT2D eigenvalue weighted by Crippen LogP contribution is -1.79. The molecule has 12 heavy (non-hydrogen) atoms. The van der Waals surface area contributed by atoms with Gasteiger partial charge in [-0.15, -0.1) is 11.3 Å². The van der Waals surface area contributed by atoms with E-state index in [-0.39, 0.29) is 0 Å². The third-order valence-electron chi connectivity index (χ3n) is 1.70. The Morgan fingerprint density at radius 2 is 2.50 bits per heavy atom. The zero-order valence-corrected chi connectivity index (χ0v) is 7.90. The summed E-state index contributed by atoms with van der Waals surface area (Å²) in [4.78, 5) is 1.43. The maximum Gasteiger partial charge on any atom is 0.0908 e. The van der Waals surface area contributed by atoms with Gasteiger partial charge in [0.15, 0.2) is 0 Å². The number of nitrogens with zero attached hydrogens (tertiary/aromatic N) is 1. The summed E-state index contributed by atoms with van der Waals surface area (Å²) in [5, 5.41) is 10.4. The molecule has 1 aromatic heterocycles. The van der Waals surface area contributed by atoms with Crippen molar-refractivity contribution in [3.8, 4) is 6.07 Å². The maximum absolute atomic E-state index is 8.24. The van der Waals surface area contributed by atoms with E-state index in [1.165, 1.54) is 10.4 Å². The van der Waals surface area contributed by atoms with E-state index in [9.17, 15) is 0 Å². The molecule has 0 aliphatic heterocycles. The van der Waals surface area contributed by atoms with E-state index >= 15 is 0 Å². The topological polar surface area (TPSA) is 23.8 Å². The van der Waals surface area contributed by atoms with E-state index in [2.05, 4.69) is 18.4 Å². The van der Waals surface area contributed by atoms with Crippen LogP contribution in [0.4, 0.5) is 0 Å². The molecule has 62 valence electrons. The fourth-order valence-electron chi connectivity index (χ4n) is 1.01. The predicted octanol–water partition coefficient (Wildman–Crippen LogP) is 3.07. The summed E-state index contributed by atoms with van der Waals surface area (Å²) in [6.45, 7) is 2.12. The van der Waals surface area contributed by atoms with Crippen LogP contribution in [0, 0.1) is 18.3 Å². The average molecular weight is 177 g/mol. The lowest BCUT2D eigenvalue weighted by atomic mass is 10.2. The molecule has 1 aromatic rings. The molecule has 2 heteroatoms. The van der Waals surface area contributed by atoms with Gasteiger partial charge in [0, 0.05) is 11.0 Å². The van der Waals surface area contributed by atoms with Gasteiger partial charge in [-0.05, 0) is 36.8 Å². The van der Waals surface area contributed by atoms with Crippen LogP contribution >= 0.6 is 11.3 Å². The van der Waals surface area contributed by atoms with Gasteiger partial charge in [0.25, 0.3) is 0 Å². The minimum absolute atomic E-state index is 0.967. The van der Waals surface area contributed by atoms with Crippen LogP contribution in [-0.4, -0.2) is 0 Å². The van der Waals surface area contributed by atoms with Gasteiger partial charge in [0.1, 0.15) is 0 Å². The highest BCUT2D eigenvalue weighted by molar-refractivity contribution is 7.10. The van der Waals surface area contributed by atoms with Crippen LogP contribution in [0.5, 0.6) is 0 Å². The fourth-order valence-corrected chi connectivity index (χ4v) is 1.94. The van der Waals surface area contributed by atoms with Gasteiger partial charge in [-0.25, -0.2) is 0 Å². The van der Waals surface area contributed by atoms with Gasteiger partial charge in [0.05, 0.1) is 6.07 Å². The Morgan fingerprint density at radius 1 is 1.67 bits per heavy atom. The van der Waals surface area contributed by atoms with Crippen LogP contribution in [0.1, 0.15) is 16.9 Å². The average Bonchev–Trinajstić information content (AvgIpc) is 2.46. The van der Waals surface area contributed by atoms with E-state index in [0.29, 0.717) is 0 Å². The first-order chi connectivity index (χ1) is 5.84. The molecule has 1 heterocycles. The summed E-state index contributed by atoms with van der Waals surface area (Å²) >= 11 is 1.79. The molecule has 0 unspecified atom stereocenters. The van der Waals surface area contributed by atoms with Crippen molar-refractivity contribution in [1.29, 1.82) is 5.26 Å². The molecule has 0 bridgehead atoms. The second kappa shape index (κ2) is 4.74. The Morgan fingerprint density at radius 3 is 3.08 bits per heavy atom. The molecular formula is C10H11NS. The van der Waals surface area contributed by atoms with Crippen molar-refractivity contribution in [2.45, 2.75) is 19.8 Å². The Balaban J connectivity index is 2.39. The van der Waals surface area contributed by atoms with Gasteiger partial charge >= 0.3 is 0 Å². The second-order valence-corrected chi connectivity index (χ2v) is 3.60. The molecule has 0 aromatic carbocycles. The van der Waals surface area contributed by atoms with Crippen molar-refractivity contribution < 1.29 is 0 Å². The van der Waals surface area contributed by atoms with Crippen LogP contribution in [0.2, 0.25) is 0 Å². The fraction of sp³-hybridized carbons (Fsp3) is 0.300. The highest BCUT2D eigenvalue weighted by Gasteiger charge is 1.96. The van der Waals surface area contributed by atoms with Crippen molar-refractivity contribution in [2.24, 2.45) is 0 Å². The summed E-state index contributed by atoms with van der Waals surface area (Å²) in [5.41, 5.74) is 1.37. The molecule has 0 aliphatic carbocycles. The predicted molar refractivity (Wildman–Crippen MR) is 52.1 cm³/mol. The normalized spacial score (nSPS) is 10.3. The molecule has 0 spiro atoms. The number of aryl methyl sites for hydroxylation is 2. The molecular weight excluding hydrogens is 166 g/mol. The number of hydrogen-bond acceptors (Lipinski definition) is 2. The molecule has 0 amide bonds. The quantitative estimate of drug-likeness (QED) is 0.651. The Bertz CT molecular complexity index is 304. The van der Waals surface area contributed by atoms with Gasteiger partial charge in [0.2, 0.25) is 0 Å². The van der Waals surface area contributed by atoms with Crippen LogP contribution in [0.25, 0.3) is 0 Å². The van der Waals surface area contributed by atoms with Crippen LogP contribution in [-0.2, 0) is 6.42 Å². The summed E-state index contributed by atoms with van der Waals surface area (Å²) in [7, 11) is 0. The lowest BCUT2D eigenvalue weighted by molar-refractivity contribution is 1.02. The molecule has 0 atom stereocenters. The molecule has 0 aliphatic rings. The van der Waals surface area contributed by atoms with Gasteiger partial charge in [-0.1, -0.05) is 6.08 Å². The third-order valence-corrected chi connectivity index (χ3v) is 2.78. The zero-order valence-electron chi connectivity index (χ0n) is 7.08. The van der Waals surface area contributed by atoms with Crippen LogP contribution < -0.4 is 0 Å². The summed E-state index contributed by atoms with van der Waals surface area (Å²) < 4.78 is 0.